The van der Waals surface area contributed by atoms with Gasteiger partial charge >= 0.3 is 0 Å². The summed E-state index contributed by atoms with van der Waals surface area (Å²) in [5.74, 6) is 0.462. The van der Waals surface area contributed by atoms with Crippen LogP contribution in [0.2, 0.25) is 0 Å². The van der Waals surface area contributed by atoms with Gasteiger partial charge in [0.15, 0.2) is 0 Å². The van der Waals surface area contributed by atoms with E-state index in [-0.39, 0.29) is 17.9 Å². The molecule has 3 aromatic rings. The highest BCUT2D eigenvalue weighted by Gasteiger charge is 2.26. The fourth-order valence-corrected chi connectivity index (χ4v) is 5.13. The maximum Gasteiger partial charge on any atom is 0.253 e. The number of rotatable bonds is 5. The van der Waals surface area contributed by atoms with Crippen molar-refractivity contribution in [2.24, 2.45) is 7.05 Å². The molecular weight excluding hydrogens is 438 g/mol. The normalized spacial score (nSPS) is 18.6. The third-order valence-electron chi connectivity index (χ3n) is 7.32. The quantitative estimate of drug-likeness (QED) is 0.587. The van der Waals surface area contributed by atoms with Gasteiger partial charge in [0.25, 0.3) is 5.91 Å². The molecule has 0 spiro atoms. The predicted octanol–water partition coefficient (Wildman–Crippen LogP) is 4.11. The van der Waals surface area contributed by atoms with Crippen molar-refractivity contribution in [1.82, 2.24) is 20.0 Å². The van der Waals surface area contributed by atoms with Crippen molar-refractivity contribution in [3.8, 4) is 11.1 Å². The Bertz CT molecular complexity index is 1200. The first-order chi connectivity index (χ1) is 17.0. The van der Waals surface area contributed by atoms with Crippen LogP contribution in [-0.2, 0) is 11.8 Å². The van der Waals surface area contributed by atoms with E-state index in [0.717, 1.165) is 62.1 Å². The van der Waals surface area contributed by atoms with Crippen molar-refractivity contribution in [2.75, 3.05) is 25.0 Å². The Morgan fingerprint density at radius 3 is 2.46 bits per heavy atom. The lowest BCUT2D eigenvalue weighted by atomic mass is 9.88. The van der Waals surface area contributed by atoms with Gasteiger partial charge < -0.3 is 15.5 Å². The molecule has 2 aliphatic rings. The van der Waals surface area contributed by atoms with Crippen LogP contribution < -0.4 is 10.6 Å². The molecule has 2 N–H and O–H groups in total. The largest absolute Gasteiger partial charge is 0.339 e. The van der Waals surface area contributed by atoms with Crippen LogP contribution in [-0.4, -0.2) is 52.2 Å². The second-order valence-corrected chi connectivity index (χ2v) is 9.76. The van der Waals surface area contributed by atoms with Crippen molar-refractivity contribution in [1.29, 1.82) is 0 Å². The van der Waals surface area contributed by atoms with Gasteiger partial charge in [0.2, 0.25) is 5.91 Å². The molecule has 5 rings (SSSR count). The van der Waals surface area contributed by atoms with Gasteiger partial charge in [-0.3, -0.25) is 14.3 Å². The average molecular weight is 472 g/mol. The molecule has 182 valence electrons. The summed E-state index contributed by atoms with van der Waals surface area (Å²) in [6.07, 6.45) is 7.66. The van der Waals surface area contributed by atoms with E-state index < -0.39 is 0 Å². The van der Waals surface area contributed by atoms with E-state index in [4.69, 9.17) is 0 Å². The number of anilines is 1. The molecule has 7 heteroatoms. The monoisotopic (exact) mass is 471 g/mol. The molecule has 2 fully saturated rings. The number of benzene rings is 2. The molecule has 0 saturated carbocycles. The smallest absolute Gasteiger partial charge is 0.253 e. The van der Waals surface area contributed by atoms with Crippen molar-refractivity contribution in [3.05, 3.63) is 71.5 Å². The summed E-state index contributed by atoms with van der Waals surface area (Å²) in [5.41, 5.74) is 5.92. The lowest BCUT2D eigenvalue weighted by Crippen LogP contribution is -2.38. The van der Waals surface area contributed by atoms with Crippen LogP contribution in [0.5, 0.6) is 0 Å². The number of nitrogens with one attached hydrogen (secondary N) is 2. The molecule has 3 heterocycles. The molecule has 0 aliphatic carbocycles. The van der Waals surface area contributed by atoms with Crippen molar-refractivity contribution in [3.63, 3.8) is 0 Å². The van der Waals surface area contributed by atoms with Crippen LogP contribution in [0.1, 0.15) is 53.1 Å². The summed E-state index contributed by atoms with van der Waals surface area (Å²) in [7, 11) is 1.92. The van der Waals surface area contributed by atoms with E-state index in [0.29, 0.717) is 11.5 Å². The lowest BCUT2D eigenvalue weighted by Gasteiger charge is -2.32. The van der Waals surface area contributed by atoms with Crippen molar-refractivity contribution >= 4 is 17.5 Å². The first kappa shape index (κ1) is 23.3. The summed E-state index contributed by atoms with van der Waals surface area (Å²) in [6.45, 7) is 4.29. The van der Waals surface area contributed by atoms with Crippen LogP contribution in [0, 0.1) is 6.92 Å². The highest BCUT2D eigenvalue weighted by Crippen LogP contribution is 2.31. The summed E-state index contributed by atoms with van der Waals surface area (Å²) in [6, 6.07) is 14.2. The zero-order chi connectivity index (χ0) is 24.4. The second kappa shape index (κ2) is 10.0. The molecule has 0 bridgehead atoms. The Balaban J connectivity index is 1.20. The van der Waals surface area contributed by atoms with E-state index in [1.165, 1.54) is 11.1 Å². The average Bonchev–Trinajstić information content (AvgIpc) is 3.58. The van der Waals surface area contributed by atoms with E-state index in [2.05, 4.69) is 40.0 Å². The maximum atomic E-state index is 13.2. The molecule has 1 aromatic heterocycles. The van der Waals surface area contributed by atoms with Gasteiger partial charge in [-0.2, -0.15) is 5.10 Å². The van der Waals surface area contributed by atoms with Gasteiger partial charge in [0, 0.05) is 43.1 Å². The molecule has 2 aliphatic heterocycles. The Labute approximate surface area is 206 Å². The fraction of sp³-hybridized carbons (Fsp3) is 0.393. The summed E-state index contributed by atoms with van der Waals surface area (Å²) < 4.78 is 1.81. The third kappa shape index (κ3) is 5.15. The number of piperidine rings is 1. The van der Waals surface area contributed by atoms with Crippen LogP contribution in [0.3, 0.4) is 0 Å². The molecule has 2 amide bonds. The summed E-state index contributed by atoms with van der Waals surface area (Å²) in [5, 5.41) is 10.5. The molecule has 0 unspecified atom stereocenters. The minimum Gasteiger partial charge on any atom is -0.339 e. The van der Waals surface area contributed by atoms with Gasteiger partial charge in [-0.15, -0.1) is 0 Å². The zero-order valence-corrected chi connectivity index (χ0v) is 20.5. The molecule has 0 radical (unpaired) electrons. The molecule has 1 atom stereocenters. The minimum absolute atomic E-state index is 0.0226. The summed E-state index contributed by atoms with van der Waals surface area (Å²) >= 11 is 0. The number of amides is 2. The van der Waals surface area contributed by atoms with Gasteiger partial charge in [-0.1, -0.05) is 30.3 Å². The number of aryl methyl sites for hydroxylation is 2. The highest BCUT2D eigenvalue weighted by atomic mass is 16.2. The molecule has 7 nitrogen and oxygen atoms in total. The Hall–Kier alpha value is -3.45. The number of nitrogens with zero attached hydrogens (tertiary/aromatic N) is 3. The Morgan fingerprint density at radius 1 is 1.03 bits per heavy atom. The number of hydrogen-bond acceptors (Lipinski definition) is 4. The first-order valence-corrected chi connectivity index (χ1v) is 12.5. The van der Waals surface area contributed by atoms with Gasteiger partial charge in [-0.05, 0) is 73.9 Å². The molecular formula is C28H33N5O2. The SMILES string of the molecule is Cc1ccc(C(=O)N2CCC(c3ccc(-c4cnn(C)c4)cc3)CC2)cc1NC(=O)[C@H]1CCCN1. The lowest BCUT2D eigenvalue weighted by molar-refractivity contribution is -0.117. The minimum atomic E-state index is -0.147. The van der Waals surface area contributed by atoms with Crippen LogP contribution in [0.25, 0.3) is 11.1 Å². The van der Waals surface area contributed by atoms with Crippen LogP contribution in [0.4, 0.5) is 5.69 Å². The standard InChI is InChI=1S/C28H33N5O2/c1-19-5-6-23(16-26(19)31-27(34)25-4-3-13-29-25)28(35)33-14-11-22(12-15-33)20-7-9-21(10-8-20)24-17-30-32(2)18-24/h5-10,16-18,22,25,29H,3-4,11-15H2,1-2H3,(H,31,34)/t25-/m1/s1. The third-order valence-corrected chi connectivity index (χ3v) is 7.32. The van der Waals surface area contributed by atoms with Gasteiger partial charge in [0.05, 0.1) is 12.2 Å². The molecule has 35 heavy (non-hydrogen) atoms. The second-order valence-electron chi connectivity index (χ2n) is 9.76. The fourth-order valence-electron chi connectivity index (χ4n) is 5.13. The maximum absolute atomic E-state index is 13.2. The van der Waals surface area contributed by atoms with E-state index in [1.807, 2.05) is 54.1 Å². The first-order valence-electron chi connectivity index (χ1n) is 12.5. The van der Waals surface area contributed by atoms with Crippen LogP contribution in [0.15, 0.2) is 54.9 Å². The van der Waals surface area contributed by atoms with Crippen molar-refractivity contribution in [2.45, 2.75) is 44.6 Å². The highest BCUT2D eigenvalue weighted by molar-refractivity contribution is 5.99. The van der Waals surface area contributed by atoms with Gasteiger partial charge in [0.1, 0.15) is 0 Å². The Kier molecular flexibility index (Phi) is 6.68. The van der Waals surface area contributed by atoms with E-state index >= 15 is 0 Å². The zero-order valence-electron chi connectivity index (χ0n) is 20.5. The number of likely N-dealkylation sites (tertiary alicyclic amines) is 1. The van der Waals surface area contributed by atoms with E-state index in [9.17, 15) is 9.59 Å². The van der Waals surface area contributed by atoms with E-state index in [1.54, 1.807) is 0 Å². The number of carbonyl (C=O) groups excluding carboxylic acids is 2. The van der Waals surface area contributed by atoms with Crippen LogP contribution >= 0.6 is 0 Å². The number of aromatic nitrogens is 2. The topological polar surface area (TPSA) is 79.3 Å². The predicted molar refractivity (Wildman–Crippen MR) is 137 cm³/mol. The molecule has 2 saturated heterocycles. The number of hydrogen-bond donors (Lipinski definition) is 2. The number of carbonyl (C=O) groups is 2. The molecule has 2 aromatic carbocycles. The Morgan fingerprint density at radius 2 is 1.80 bits per heavy atom. The van der Waals surface area contributed by atoms with Gasteiger partial charge in [-0.25, -0.2) is 0 Å². The van der Waals surface area contributed by atoms with Crippen molar-refractivity contribution < 1.29 is 9.59 Å². The summed E-state index contributed by atoms with van der Waals surface area (Å²) in [4.78, 5) is 27.7.